The van der Waals surface area contributed by atoms with Crippen LogP contribution in [-0.4, -0.2) is 17.6 Å². The van der Waals surface area contributed by atoms with Crippen LogP contribution >= 0.6 is 23.1 Å². The van der Waals surface area contributed by atoms with Gasteiger partial charge in [-0.2, -0.15) is 5.26 Å². The van der Waals surface area contributed by atoms with Gasteiger partial charge in [-0.05, 0) is 36.1 Å². The van der Waals surface area contributed by atoms with Gasteiger partial charge in [-0.25, -0.2) is 0 Å². The van der Waals surface area contributed by atoms with Crippen LogP contribution in [0.3, 0.4) is 0 Å². The van der Waals surface area contributed by atoms with Gasteiger partial charge in [0.2, 0.25) is 5.91 Å². The number of amides is 2. The number of hydrogen-bond donors (Lipinski definition) is 3. The maximum Gasteiger partial charge on any atom is 0.254 e. The van der Waals surface area contributed by atoms with E-state index in [9.17, 15) is 14.9 Å². The summed E-state index contributed by atoms with van der Waals surface area (Å²) in [6, 6.07) is 25.1. The first-order valence-corrected chi connectivity index (χ1v) is 12.9. The Balaban J connectivity index is 1.53. The van der Waals surface area contributed by atoms with Gasteiger partial charge in [0, 0.05) is 28.4 Å². The lowest BCUT2D eigenvalue weighted by atomic mass is 9.86. The number of nitriles is 1. The van der Waals surface area contributed by atoms with Crippen molar-refractivity contribution >= 4 is 40.6 Å². The molecule has 0 radical (unpaired) electrons. The third-order valence-corrected chi connectivity index (χ3v) is 7.39. The van der Waals surface area contributed by atoms with Crippen molar-refractivity contribution < 1.29 is 9.59 Å². The summed E-state index contributed by atoms with van der Waals surface area (Å²) in [5.74, 6) is -0.764. The summed E-state index contributed by atoms with van der Waals surface area (Å²) in [4.78, 5) is 26.7. The summed E-state index contributed by atoms with van der Waals surface area (Å²) in [7, 11) is 0. The molecule has 35 heavy (non-hydrogen) atoms. The van der Waals surface area contributed by atoms with Crippen LogP contribution in [0.15, 0.2) is 100 Å². The number of nitrogens with zero attached hydrogens (tertiary/aromatic N) is 1. The van der Waals surface area contributed by atoms with E-state index in [4.69, 9.17) is 0 Å². The number of hydrogen-bond acceptors (Lipinski definition) is 6. The van der Waals surface area contributed by atoms with Gasteiger partial charge in [0.05, 0.1) is 28.3 Å². The third-order valence-electron chi connectivity index (χ3n) is 5.43. The Kier molecular flexibility index (Phi) is 8.03. The summed E-state index contributed by atoms with van der Waals surface area (Å²) in [5, 5.41) is 21.7. The van der Waals surface area contributed by atoms with Crippen molar-refractivity contribution in [1.29, 1.82) is 5.26 Å². The number of carbonyl (C=O) groups is 2. The average Bonchev–Trinajstić information content (AvgIpc) is 3.41. The number of dihydropyridines is 1. The van der Waals surface area contributed by atoms with Crippen molar-refractivity contribution in [3.05, 3.63) is 110 Å². The SMILES string of the molecule is CC1=C(C(=O)Nc2ccccc2)[C@@H](c2cccs2)C(C#N)=C(SCC(=O)NCc2ccccc2)N1. The van der Waals surface area contributed by atoms with E-state index >= 15 is 0 Å². The van der Waals surface area contributed by atoms with Crippen molar-refractivity contribution in [2.45, 2.75) is 19.4 Å². The molecule has 1 aliphatic heterocycles. The van der Waals surface area contributed by atoms with Crippen molar-refractivity contribution in [3.8, 4) is 6.07 Å². The van der Waals surface area contributed by atoms with Gasteiger partial charge in [0.25, 0.3) is 5.91 Å². The average molecular weight is 501 g/mol. The fourth-order valence-corrected chi connectivity index (χ4v) is 5.54. The molecule has 0 bridgehead atoms. The Bertz CT molecular complexity index is 1290. The van der Waals surface area contributed by atoms with E-state index in [1.54, 1.807) is 0 Å². The molecular formula is C27H24N4O2S2. The van der Waals surface area contributed by atoms with Gasteiger partial charge >= 0.3 is 0 Å². The molecule has 0 saturated carbocycles. The van der Waals surface area contributed by atoms with Crippen molar-refractivity contribution in [2.75, 3.05) is 11.1 Å². The molecule has 0 fully saturated rings. The van der Waals surface area contributed by atoms with Crippen LogP contribution in [-0.2, 0) is 16.1 Å². The summed E-state index contributed by atoms with van der Waals surface area (Å²) in [6.45, 7) is 2.27. The molecule has 3 N–H and O–H groups in total. The molecule has 0 aliphatic carbocycles. The smallest absolute Gasteiger partial charge is 0.254 e. The van der Waals surface area contributed by atoms with E-state index < -0.39 is 5.92 Å². The van der Waals surface area contributed by atoms with Crippen LogP contribution < -0.4 is 16.0 Å². The van der Waals surface area contributed by atoms with Crippen molar-refractivity contribution in [2.24, 2.45) is 0 Å². The van der Waals surface area contributed by atoms with E-state index in [2.05, 4.69) is 22.0 Å². The van der Waals surface area contributed by atoms with Gasteiger partial charge in [-0.3, -0.25) is 9.59 Å². The summed E-state index contributed by atoms with van der Waals surface area (Å²) in [6.07, 6.45) is 0. The fraction of sp³-hybridized carbons (Fsp3) is 0.148. The second-order valence-electron chi connectivity index (χ2n) is 7.84. The molecule has 176 valence electrons. The zero-order valence-corrected chi connectivity index (χ0v) is 20.7. The van der Waals surface area contributed by atoms with E-state index in [0.717, 1.165) is 10.4 Å². The number of benzene rings is 2. The Morgan fingerprint density at radius 3 is 2.43 bits per heavy atom. The molecule has 2 amide bonds. The first-order chi connectivity index (χ1) is 17.1. The molecule has 0 spiro atoms. The predicted molar refractivity (Wildman–Crippen MR) is 141 cm³/mol. The monoisotopic (exact) mass is 500 g/mol. The number of rotatable bonds is 8. The van der Waals surface area contributed by atoms with E-state index in [0.29, 0.717) is 34.1 Å². The van der Waals surface area contributed by atoms with Crippen LogP contribution in [0.25, 0.3) is 0 Å². The molecule has 2 aromatic carbocycles. The molecular weight excluding hydrogens is 476 g/mol. The number of allylic oxidation sites excluding steroid dienone is 2. The maximum absolute atomic E-state index is 13.3. The number of nitrogens with one attached hydrogen (secondary N) is 3. The Hall–Kier alpha value is -3.80. The lowest BCUT2D eigenvalue weighted by molar-refractivity contribution is -0.118. The zero-order chi connectivity index (χ0) is 24.6. The molecule has 4 rings (SSSR count). The third kappa shape index (κ3) is 6.01. The van der Waals surface area contributed by atoms with E-state index in [-0.39, 0.29) is 17.6 Å². The number of anilines is 1. The number of carbonyl (C=O) groups excluding carboxylic acids is 2. The lowest BCUT2D eigenvalue weighted by Crippen LogP contribution is -2.31. The summed E-state index contributed by atoms with van der Waals surface area (Å²) >= 11 is 2.76. The minimum atomic E-state index is -0.514. The highest BCUT2D eigenvalue weighted by molar-refractivity contribution is 8.03. The van der Waals surface area contributed by atoms with Crippen LogP contribution in [0.1, 0.15) is 23.3 Å². The molecule has 0 saturated heterocycles. The minimum absolute atomic E-state index is 0.132. The summed E-state index contributed by atoms with van der Waals surface area (Å²) in [5.41, 5.74) is 3.27. The fourth-order valence-electron chi connectivity index (χ4n) is 3.77. The van der Waals surface area contributed by atoms with Crippen LogP contribution in [0.4, 0.5) is 5.69 Å². The second-order valence-corrected chi connectivity index (χ2v) is 9.80. The maximum atomic E-state index is 13.3. The summed E-state index contributed by atoms with van der Waals surface area (Å²) < 4.78 is 0. The number of para-hydroxylation sites is 1. The molecule has 3 aromatic rings. The van der Waals surface area contributed by atoms with Crippen LogP contribution in [0.2, 0.25) is 0 Å². The van der Waals surface area contributed by atoms with Crippen molar-refractivity contribution in [3.63, 3.8) is 0 Å². The first-order valence-electron chi connectivity index (χ1n) is 11.0. The highest BCUT2D eigenvalue weighted by Gasteiger charge is 2.35. The number of thiophene rings is 1. The Morgan fingerprint density at radius 2 is 1.77 bits per heavy atom. The molecule has 8 heteroatoms. The van der Waals surface area contributed by atoms with Gasteiger partial charge < -0.3 is 16.0 Å². The van der Waals surface area contributed by atoms with Crippen molar-refractivity contribution in [1.82, 2.24) is 10.6 Å². The van der Waals surface area contributed by atoms with E-state index in [1.165, 1.54) is 23.1 Å². The second kappa shape index (κ2) is 11.6. The van der Waals surface area contributed by atoms with Gasteiger partial charge in [0.1, 0.15) is 0 Å². The lowest BCUT2D eigenvalue weighted by Gasteiger charge is -2.29. The molecule has 0 unspecified atom stereocenters. The molecule has 1 aliphatic rings. The molecule has 2 heterocycles. The topological polar surface area (TPSA) is 94.0 Å². The van der Waals surface area contributed by atoms with E-state index in [1.807, 2.05) is 85.1 Å². The van der Waals surface area contributed by atoms with Gasteiger partial charge in [-0.15, -0.1) is 11.3 Å². The largest absolute Gasteiger partial charge is 0.353 e. The Morgan fingerprint density at radius 1 is 1.06 bits per heavy atom. The van der Waals surface area contributed by atoms with Gasteiger partial charge in [0.15, 0.2) is 0 Å². The minimum Gasteiger partial charge on any atom is -0.353 e. The normalized spacial score (nSPS) is 15.3. The first kappa shape index (κ1) is 24.3. The molecule has 1 atom stereocenters. The number of thioether (sulfide) groups is 1. The Labute approximate surface area is 212 Å². The molecule has 6 nitrogen and oxygen atoms in total. The predicted octanol–water partition coefficient (Wildman–Crippen LogP) is 5.13. The highest BCUT2D eigenvalue weighted by atomic mass is 32.2. The van der Waals surface area contributed by atoms with Gasteiger partial charge in [-0.1, -0.05) is 66.4 Å². The van der Waals surface area contributed by atoms with Crippen LogP contribution in [0.5, 0.6) is 0 Å². The molecule has 1 aromatic heterocycles. The van der Waals surface area contributed by atoms with Crippen LogP contribution in [0, 0.1) is 11.3 Å². The quantitative estimate of drug-likeness (QED) is 0.399. The highest BCUT2D eigenvalue weighted by Crippen LogP contribution is 2.42. The standard InChI is InChI=1S/C27H24N4O2S2/c1-18-24(26(33)31-20-11-6-3-7-12-20)25(22-13-8-14-34-22)21(15-28)27(30-18)35-17-23(32)29-16-19-9-4-2-5-10-19/h2-14,25,30H,16-17H2,1H3,(H,29,32)(H,31,33)/t25-/m1/s1. The zero-order valence-electron chi connectivity index (χ0n) is 19.1.